The maximum absolute atomic E-state index is 4.39. The second-order valence-corrected chi connectivity index (χ2v) is 6.99. The van der Waals surface area contributed by atoms with Crippen LogP contribution in [0.1, 0.15) is 36.8 Å². The zero-order chi connectivity index (χ0) is 16.7. The molecule has 3 aromatic rings. The van der Waals surface area contributed by atoms with Crippen molar-refractivity contribution in [2.45, 2.75) is 31.8 Å². The lowest BCUT2D eigenvalue weighted by Gasteiger charge is -2.45. The second-order valence-electron chi connectivity index (χ2n) is 6.99. The summed E-state index contributed by atoms with van der Waals surface area (Å²) in [6, 6.07) is 18.7. The van der Waals surface area contributed by atoms with Crippen LogP contribution >= 0.6 is 0 Å². The molecule has 0 bridgehead atoms. The van der Waals surface area contributed by atoms with Crippen molar-refractivity contribution < 1.29 is 0 Å². The number of benzene rings is 2. The number of rotatable bonds is 2. The Morgan fingerprint density at radius 3 is 2.50 bits per heavy atom. The van der Waals surface area contributed by atoms with E-state index in [0.717, 1.165) is 17.9 Å². The molecule has 0 unspecified atom stereocenters. The molecule has 0 amide bonds. The van der Waals surface area contributed by atoms with Crippen molar-refractivity contribution in [3.05, 3.63) is 71.5 Å². The van der Waals surface area contributed by atoms with Gasteiger partial charge in [-0.3, -0.25) is 4.90 Å². The van der Waals surface area contributed by atoms with Crippen molar-refractivity contribution >= 4 is 0 Å². The molecule has 24 heavy (non-hydrogen) atoms. The van der Waals surface area contributed by atoms with Crippen LogP contribution in [0.2, 0.25) is 0 Å². The van der Waals surface area contributed by atoms with Gasteiger partial charge in [0, 0.05) is 5.54 Å². The van der Waals surface area contributed by atoms with Gasteiger partial charge in [-0.15, -0.1) is 5.10 Å². The van der Waals surface area contributed by atoms with Crippen LogP contribution in [0.15, 0.2) is 54.6 Å². The summed E-state index contributed by atoms with van der Waals surface area (Å²) in [5, 5.41) is 12.6. The van der Waals surface area contributed by atoms with Gasteiger partial charge in [-0.1, -0.05) is 42.5 Å². The number of tetrazole rings is 1. The van der Waals surface area contributed by atoms with Gasteiger partial charge in [0.1, 0.15) is 0 Å². The third-order valence-corrected chi connectivity index (χ3v) is 5.05. The summed E-state index contributed by atoms with van der Waals surface area (Å²) in [7, 11) is 2.16. The first kappa shape index (κ1) is 15.0. The van der Waals surface area contributed by atoms with Crippen LogP contribution in [-0.4, -0.2) is 37.7 Å². The summed E-state index contributed by atoms with van der Waals surface area (Å²) in [5.41, 5.74) is 3.67. The van der Waals surface area contributed by atoms with E-state index in [4.69, 9.17) is 0 Å². The number of para-hydroxylation sites is 1. The fourth-order valence-corrected chi connectivity index (χ4v) is 3.54. The molecule has 2 aromatic carbocycles. The second kappa shape index (κ2) is 5.53. The normalized spacial score (nSPS) is 19.9. The molecule has 0 saturated carbocycles. The summed E-state index contributed by atoms with van der Waals surface area (Å²) in [6.07, 6.45) is 1.02. The first-order valence-corrected chi connectivity index (χ1v) is 8.22. The smallest absolute Gasteiger partial charge is 0.178 e. The van der Waals surface area contributed by atoms with Crippen molar-refractivity contribution in [3.8, 4) is 5.69 Å². The van der Waals surface area contributed by atoms with Crippen LogP contribution < -0.4 is 0 Å². The molecule has 1 aliphatic heterocycles. The first-order valence-electron chi connectivity index (χ1n) is 8.22. The van der Waals surface area contributed by atoms with Crippen molar-refractivity contribution in [2.75, 3.05) is 7.05 Å². The molecule has 5 nitrogen and oxygen atoms in total. The van der Waals surface area contributed by atoms with Crippen LogP contribution in [0, 0.1) is 0 Å². The standard InChI is InChI=1S/C19H21N5/c1-19(2)13-14-9-7-8-12-16(14)17(23(19)3)18-20-21-22-24(18)15-10-5-4-6-11-15/h4-12,17H,13H2,1-3H3/t17-/m0/s1. The highest BCUT2D eigenvalue weighted by atomic mass is 15.6. The average molecular weight is 319 g/mol. The number of nitrogens with zero attached hydrogens (tertiary/aromatic N) is 5. The predicted molar refractivity (Wildman–Crippen MR) is 93.0 cm³/mol. The van der Waals surface area contributed by atoms with Gasteiger partial charge in [0.2, 0.25) is 0 Å². The molecule has 0 spiro atoms. The molecular formula is C19H21N5. The third-order valence-electron chi connectivity index (χ3n) is 5.05. The van der Waals surface area contributed by atoms with Crippen LogP contribution in [-0.2, 0) is 6.42 Å². The Morgan fingerprint density at radius 1 is 1.00 bits per heavy atom. The molecule has 4 rings (SSSR count). The highest BCUT2D eigenvalue weighted by Crippen LogP contribution is 2.40. The topological polar surface area (TPSA) is 46.8 Å². The quantitative estimate of drug-likeness (QED) is 0.728. The number of aromatic nitrogens is 4. The van der Waals surface area contributed by atoms with Gasteiger partial charge in [0.05, 0.1) is 11.7 Å². The first-order chi connectivity index (χ1) is 11.6. The fraction of sp³-hybridized carbons (Fsp3) is 0.316. The molecule has 1 aliphatic rings. The molecule has 0 saturated heterocycles. The SMILES string of the molecule is CN1[C@H](c2nnnn2-c2ccccc2)c2ccccc2CC1(C)C. The Bertz CT molecular complexity index is 853. The van der Waals surface area contributed by atoms with E-state index >= 15 is 0 Å². The van der Waals surface area contributed by atoms with E-state index in [0.29, 0.717) is 0 Å². The lowest BCUT2D eigenvalue weighted by Crippen LogP contribution is -2.49. The Hall–Kier alpha value is -2.53. The van der Waals surface area contributed by atoms with Gasteiger partial charge in [0.25, 0.3) is 0 Å². The van der Waals surface area contributed by atoms with E-state index in [1.165, 1.54) is 11.1 Å². The zero-order valence-electron chi connectivity index (χ0n) is 14.2. The Morgan fingerprint density at radius 2 is 1.71 bits per heavy atom. The van der Waals surface area contributed by atoms with Gasteiger partial charge in [0.15, 0.2) is 5.82 Å². The number of fused-ring (bicyclic) bond motifs is 1. The predicted octanol–water partition coefficient (Wildman–Crippen LogP) is 3.02. The van der Waals surface area contributed by atoms with Crippen LogP contribution in [0.3, 0.4) is 0 Å². The molecule has 122 valence electrons. The molecule has 1 atom stereocenters. The number of hydrogen-bond acceptors (Lipinski definition) is 4. The van der Waals surface area contributed by atoms with E-state index in [9.17, 15) is 0 Å². The fourth-order valence-electron chi connectivity index (χ4n) is 3.54. The van der Waals surface area contributed by atoms with Crippen LogP contribution in [0.5, 0.6) is 0 Å². The van der Waals surface area contributed by atoms with E-state index in [-0.39, 0.29) is 11.6 Å². The Balaban J connectivity index is 1.89. The van der Waals surface area contributed by atoms with E-state index in [1.54, 1.807) is 0 Å². The van der Waals surface area contributed by atoms with Crippen molar-refractivity contribution in [1.29, 1.82) is 0 Å². The summed E-state index contributed by atoms with van der Waals surface area (Å²) in [6.45, 7) is 4.54. The largest absolute Gasteiger partial charge is 0.287 e. The molecule has 0 radical (unpaired) electrons. The summed E-state index contributed by atoms with van der Waals surface area (Å²) < 4.78 is 1.85. The Kier molecular flexibility index (Phi) is 3.46. The monoisotopic (exact) mass is 319 g/mol. The van der Waals surface area contributed by atoms with Gasteiger partial charge in [-0.2, -0.15) is 4.68 Å². The minimum absolute atomic E-state index is 0.0279. The van der Waals surface area contributed by atoms with E-state index in [1.807, 2.05) is 35.0 Å². The lowest BCUT2D eigenvalue weighted by atomic mass is 9.81. The molecule has 0 fully saturated rings. The number of likely N-dealkylation sites (N-methyl/N-ethyl adjacent to an activating group) is 1. The van der Waals surface area contributed by atoms with Gasteiger partial charge >= 0.3 is 0 Å². The van der Waals surface area contributed by atoms with E-state index < -0.39 is 0 Å². The van der Waals surface area contributed by atoms with Gasteiger partial charge < -0.3 is 0 Å². The van der Waals surface area contributed by atoms with Crippen molar-refractivity contribution in [2.24, 2.45) is 0 Å². The summed E-state index contributed by atoms with van der Waals surface area (Å²) in [5.74, 6) is 0.851. The molecule has 0 aliphatic carbocycles. The lowest BCUT2D eigenvalue weighted by molar-refractivity contribution is 0.0993. The van der Waals surface area contributed by atoms with E-state index in [2.05, 4.69) is 65.6 Å². The molecule has 5 heteroatoms. The highest BCUT2D eigenvalue weighted by molar-refractivity contribution is 5.40. The molecule has 0 N–H and O–H groups in total. The van der Waals surface area contributed by atoms with Gasteiger partial charge in [-0.25, -0.2) is 0 Å². The maximum Gasteiger partial charge on any atom is 0.178 e. The minimum atomic E-state index is 0.0279. The molecule has 2 heterocycles. The summed E-state index contributed by atoms with van der Waals surface area (Å²) >= 11 is 0. The Labute approximate surface area is 141 Å². The van der Waals surface area contributed by atoms with Gasteiger partial charge in [-0.05, 0) is 61.0 Å². The van der Waals surface area contributed by atoms with Crippen LogP contribution in [0.4, 0.5) is 0 Å². The maximum atomic E-state index is 4.39. The molecular weight excluding hydrogens is 298 g/mol. The highest BCUT2D eigenvalue weighted by Gasteiger charge is 2.40. The average Bonchev–Trinajstić information content (AvgIpc) is 3.06. The summed E-state index contributed by atoms with van der Waals surface area (Å²) in [4.78, 5) is 2.38. The van der Waals surface area contributed by atoms with Crippen molar-refractivity contribution in [1.82, 2.24) is 25.1 Å². The zero-order valence-corrected chi connectivity index (χ0v) is 14.2. The molecule has 1 aromatic heterocycles. The van der Waals surface area contributed by atoms with Crippen molar-refractivity contribution in [3.63, 3.8) is 0 Å². The number of hydrogen-bond donors (Lipinski definition) is 0. The minimum Gasteiger partial charge on any atom is -0.287 e. The third kappa shape index (κ3) is 2.32. The van der Waals surface area contributed by atoms with Crippen LogP contribution in [0.25, 0.3) is 5.69 Å².